The molecule has 2 heteroatoms. The van der Waals surface area contributed by atoms with Crippen molar-refractivity contribution >= 4 is 0 Å². The van der Waals surface area contributed by atoms with Crippen molar-refractivity contribution in [2.45, 2.75) is 6.42 Å². The number of nitrogens with two attached hydrogens (primary N) is 1. The monoisotopic (exact) mass is 146 g/mol. The van der Waals surface area contributed by atoms with E-state index in [1.807, 2.05) is 12.1 Å². The van der Waals surface area contributed by atoms with Gasteiger partial charge in [-0.3, -0.25) is 0 Å². The van der Waals surface area contributed by atoms with Crippen molar-refractivity contribution in [1.82, 2.24) is 4.98 Å². The van der Waals surface area contributed by atoms with Crippen LogP contribution in [0.2, 0.25) is 0 Å². The molecule has 0 saturated carbocycles. The smallest absolute Gasteiger partial charge is 0.113 e. The lowest BCUT2D eigenvalue weighted by Crippen LogP contribution is -2.04. The summed E-state index contributed by atoms with van der Waals surface area (Å²) in [5.41, 5.74) is 7.00. The number of rotatable bonds is 2. The summed E-state index contributed by atoms with van der Waals surface area (Å²) >= 11 is 0. The van der Waals surface area contributed by atoms with Gasteiger partial charge in [0.1, 0.15) is 5.69 Å². The first-order chi connectivity index (χ1) is 5.36. The zero-order valence-corrected chi connectivity index (χ0v) is 6.25. The van der Waals surface area contributed by atoms with Gasteiger partial charge in [-0.1, -0.05) is 12.0 Å². The van der Waals surface area contributed by atoms with E-state index < -0.39 is 0 Å². The Kier molecular flexibility index (Phi) is 2.65. The van der Waals surface area contributed by atoms with Gasteiger partial charge < -0.3 is 5.73 Å². The van der Waals surface area contributed by atoms with E-state index in [1.165, 1.54) is 0 Å². The molecule has 1 heterocycles. The van der Waals surface area contributed by atoms with Crippen molar-refractivity contribution < 1.29 is 0 Å². The number of nitrogens with zero attached hydrogens (tertiary/aromatic N) is 1. The Balaban J connectivity index is 2.85. The lowest BCUT2D eigenvalue weighted by Gasteiger charge is -1.96. The first kappa shape index (κ1) is 7.77. The van der Waals surface area contributed by atoms with E-state index in [0.29, 0.717) is 12.2 Å². The van der Waals surface area contributed by atoms with Gasteiger partial charge in [-0.25, -0.2) is 4.98 Å². The van der Waals surface area contributed by atoms with Crippen LogP contribution >= 0.6 is 0 Å². The molecule has 2 N–H and O–H groups in total. The van der Waals surface area contributed by atoms with E-state index >= 15 is 0 Å². The summed E-state index contributed by atoms with van der Waals surface area (Å²) in [4.78, 5) is 4.16. The molecule has 11 heavy (non-hydrogen) atoms. The van der Waals surface area contributed by atoms with Crippen LogP contribution in [0.3, 0.4) is 0 Å². The summed E-state index contributed by atoms with van der Waals surface area (Å²) in [6.45, 7) is 0.612. The predicted molar refractivity (Wildman–Crippen MR) is 44.9 cm³/mol. The molecule has 1 aromatic rings. The molecule has 0 unspecified atom stereocenters. The van der Waals surface area contributed by atoms with Gasteiger partial charge in [0.05, 0.1) is 0 Å². The zero-order valence-electron chi connectivity index (χ0n) is 6.25. The lowest BCUT2D eigenvalue weighted by molar-refractivity contribution is 0.920. The molecule has 0 aliphatic heterocycles. The Hall–Kier alpha value is -1.33. The number of hydrogen-bond acceptors (Lipinski definition) is 2. The van der Waals surface area contributed by atoms with Crippen molar-refractivity contribution in [2.75, 3.05) is 6.54 Å². The third kappa shape index (κ3) is 2.06. The molecule has 0 aliphatic rings. The van der Waals surface area contributed by atoms with Crippen LogP contribution in [-0.2, 0) is 6.42 Å². The molecular weight excluding hydrogens is 136 g/mol. The Morgan fingerprint density at radius 2 is 2.36 bits per heavy atom. The Morgan fingerprint density at radius 1 is 1.55 bits per heavy atom. The predicted octanol–water partition coefficient (Wildman–Crippen LogP) is 0.564. The zero-order chi connectivity index (χ0) is 8.10. The summed E-state index contributed by atoms with van der Waals surface area (Å²) in [5.74, 6) is 2.47. The minimum Gasteiger partial charge on any atom is -0.330 e. The van der Waals surface area contributed by atoms with Crippen molar-refractivity contribution in [2.24, 2.45) is 5.73 Å². The van der Waals surface area contributed by atoms with Gasteiger partial charge in [0.2, 0.25) is 0 Å². The molecule has 0 aliphatic carbocycles. The summed E-state index contributed by atoms with van der Waals surface area (Å²) in [7, 11) is 0. The summed E-state index contributed by atoms with van der Waals surface area (Å²) in [6, 6.07) is 5.63. The van der Waals surface area contributed by atoms with Crippen molar-refractivity contribution in [1.29, 1.82) is 0 Å². The van der Waals surface area contributed by atoms with Gasteiger partial charge in [-0.2, -0.15) is 0 Å². The fraction of sp³-hybridized carbons (Fsp3) is 0.222. The SMILES string of the molecule is C#Cc1cccc(CCN)n1. The van der Waals surface area contributed by atoms with Crippen molar-refractivity contribution in [3.05, 3.63) is 29.6 Å². The maximum atomic E-state index is 5.36. The topological polar surface area (TPSA) is 38.9 Å². The molecule has 0 amide bonds. The average molecular weight is 146 g/mol. The molecule has 1 aromatic heterocycles. The normalized spacial score (nSPS) is 9.09. The second kappa shape index (κ2) is 3.75. The fourth-order valence-electron chi connectivity index (χ4n) is 0.847. The maximum absolute atomic E-state index is 5.36. The molecular formula is C9H10N2. The van der Waals surface area contributed by atoms with Crippen LogP contribution < -0.4 is 5.73 Å². The lowest BCUT2D eigenvalue weighted by atomic mass is 10.2. The highest BCUT2D eigenvalue weighted by Gasteiger charge is 1.92. The van der Waals surface area contributed by atoms with Gasteiger partial charge in [0.25, 0.3) is 0 Å². The third-order valence-corrected chi connectivity index (χ3v) is 1.36. The van der Waals surface area contributed by atoms with Gasteiger partial charge in [-0.15, -0.1) is 6.42 Å². The van der Waals surface area contributed by atoms with E-state index in [1.54, 1.807) is 6.07 Å². The largest absolute Gasteiger partial charge is 0.330 e. The van der Waals surface area contributed by atoms with Crippen LogP contribution in [-0.4, -0.2) is 11.5 Å². The Bertz CT molecular complexity index is 273. The molecule has 2 nitrogen and oxygen atoms in total. The molecule has 0 radical (unpaired) electrons. The average Bonchev–Trinajstić information content (AvgIpc) is 2.06. The van der Waals surface area contributed by atoms with Gasteiger partial charge >= 0.3 is 0 Å². The summed E-state index contributed by atoms with van der Waals surface area (Å²) in [5, 5.41) is 0. The number of pyridine rings is 1. The number of hydrogen-bond donors (Lipinski definition) is 1. The summed E-state index contributed by atoms with van der Waals surface area (Å²) < 4.78 is 0. The fourth-order valence-corrected chi connectivity index (χ4v) is 0.847. The Morgan fingerprint density at radius 3 is 3.00 bits per heavy atom. The van der Waals surface area contributed by atoms with Crippen molar-refractivity contribution in [3.63, 3.8) is 0 Å². The molecule has 0 saturated heterocycles. The number of terminal acetylenes is 1. The molecule has 0 spiro atoms. The third-order valence-electron chi connectivity index (χ3n) is 1.36. The minimum absolute atomic E-state index is 0.612. The molecule has 0 fully saturated rings. The second-order valence-electron chi connectivity index (χ2n) is 2.20. The van der Waals surface area contributed by atoms with Crippen LogP contribution in [0.4, 0.5) is 0 Å². The van der Waals surface area contributed by atoms with E-state index in [0.717, 1.165) is 12.1 Å². The van der Waals surface area contributed by atoms with E-state index in [4.69, 9.17) is 12.2 Å². The standard InChI is InChI=1S/C9H10N2/c1-2-8-4-3-5-9(11-8)6-7-10/h1,3-5H,6-7,10H2. The first-order valence-corrected chi connectivity index (χ1v) is 3.49. The molecule has 1 rings (SSSR count). The van der Waals surface area contributed by atoms with Crippen LogP contribution in [0.15, 0.2) is 18.2 Å². The van der Waals surface area contributed by atoms with Crippen LogP contribution in [0.25, 0.3) is 0 Å². The highest BCUT2D eigenvalue weighted by atomic mass is 14.7. The van der Waals surface area contributed by atoms with Crippen LogP contribution in [0.1, 0.15) is 11.4 Å². The molecule has 0 bridgehead atoms. The van der Waals surface area contributed by atoms with Gasteiger partial charge in [0.15, 0.2) is 0 Å². The Labute approximate surface area is 66.4 Å². The molecule has 0 aromatic carbocycles. The molecule has 56 valence electrons. The second-order valence-corrected chi connectivity index (χ2v) is 2.20. The van der Waals surface area contributed by atoms with E-state index in [9.17, 15) is 0 Å². The first-order valence-electron chi connectivity index (χ1n) is 3.49. The van der Waals surface area contributed by atoms with E-state index in [2.05, 4.69) is 10.9 Å². The number of aromatic nitrogens is 1. The highest BCUT2D eigenvalue weighted by Crippen LogP contribution is 1.97. The molecule has 0 atom stereocenters. The maximum Gasteiger partial charge on any atom is 0.113 e. The van der Waals surface area contributed by atoms with Gasteiger partial charge in [-0.05, 0) is 18.7 Å². The minimum atomic E-state index is 0.612. The summed E-state index contributed by atoms with van der Waals surface area (Å²) in [6.07, 6.45) is 5.96. The quantitative estimate of drug-likeness (QED) is 0.619. The van der Waals surface area contributed by atoms with Crippen LogP contribution in [0, 0.1) is 12.3 Å². The van der Waals surface area contributed by atoms with Crippen LogP contribution in [0.5, 0.6) is 0 Å². The highest BCUT2D eigenvalue weighted by molar-refractivity contribution is 5.25. The van der Waals surface area contributed by atoms with Crippen molar-refractivity contribution in [3.8, 4) is 12.3 Å². The van der Waals surface area contributed by atoms with Gasteiger partial charge in [0, 0.05) is 12.1 Å². The van der Waals surface area contributed by atoms with E-state index in [-0.39, 0.29) is 0 Å².